The number of thiocarbonyl (C=S) groups is 1. The van der Waals surface area contributed by atoms with Gasteiger partial charge in [0, 0.05) is 17.0 Å². The van der Waals surface area contributed by atoms with Gasteiger partial charge in [-0.2, -0.15) is 0 Å². The minimum absolute atomic E-state index is 0.0159. The molecule has 0 amide bonds. The largest absolute Gasteiger partial charge is 0.356 e. The zero-order valence-electron chi connectivity index (χ0n) is 13.4. The van der Waals surface area contributed by atoms with Crippen molar-refractivity contribution in [2.45, 2.75) is 24.3 Å². The van der Waals surface area contributed by atoms with Crippen LogP contribution >= 0.6 is 23.8 Å². The summed E-state index contributed by atoms with van der Waals surface area (Å²) in [5, 5.41) is 7.44. The fourth-order valence-corrected chi connectivity index (χ4v) is 3.34. The van der Waals surface area contributed by atoms with E-state index in [1.807, 2.05) is 19.1 Å². The quantitative estimate of drug-likeness (QED) is 0.759. The van der Waals surface area contributed by atoms with Crippen molar-refractivity contribution >= 4 is 44.5 Å². The fourth-order valence-electron chi connectivity index (χ4n) is 2.26. The zero-order valence-corrected chi connectivity index (χ0v) is 15.8. The van der Waals surface area contributed by atoms with Gasteiger partial charge in [0.1, 0.15) is 0 Å². The van der Waals surface area contributed by atoms with Gasteiger partial charge in [-0.3, -0.25) is 0 Å². The number of nitrogens with one attached hydrogen (secondary N) is 2. The summed E-state index contributed by atoms with van der Waals surface area (Å²) in [5.41, 5.74) is 1.78. The smallest absolute Gasteiger partial charge is 0.175 e. The van der Waals surface area contributed by atoms with Gasteiger partial charge in [-0.05, 0) is 54.5 Å². The van der Waals surface area contributed by atoms with Crippen LogP contribution in [0.2, 0.25) is 5.02 Å². The van der Waals surface area contributed by atoms with Crippen LogP contribution in [-0.2, 0) is 9.84 Å². The van der Waals surface area contributed by atoms with E-state index in [2.05, 4.69) is 10.6 Å². The number of hydrogen-bond acceptors (Lipinski definition) is 3. The molecule has 0 aliphatic carbocycles. The third-order valence-electron chi connectivity index (χ3n) is 3.51. The van der Waals surface area contributed by atoms with Crippen molar-refractivity contribution in [1.82, 2.24) is 5.32 Å². The van der Waals surface area contributed by atoms with Gasteiger partial charge < -0.3 is 10.6 Å². The number of hydrogen-bond donors (Lipinski definition) is 2. The molecule has 0 aliphatic rings. The highest BCUT2D eigenvalue weighted by atomic mass is 35.5. The van der Waals surface area contributed by atoms with E-state index in [0.717, 1.165) is 17.7 Å². The minimum Gasteiger partial charge on any atom is -0.356 e. The lowest BCUT2D eigenvalue weighted by atomic mass is 10.1. The Labute approximate surface area is 153 Å². The average Bonchev–Trinajstić information content (AvgIpc) is 2.52. The van der Waals surface area contributed by atoms with Gasteiger partial charge >= 0.3 is 0 Å². The Morgan fingerprint density at radius 2 is 1.88 bits per heavy atom. The summed E-state index contributed by atoms with van der Waals surface area (Å²) in [6.07, 6.45) is 2.00. The molecule has 1 atom stereocenters. The Morgan fingerprint density at radius 1 is 1.21 bits per heavy atom. The Hall–Kier alpha value is -1.63. The monoisotopic (exact) mass is 382 g/mol. The molecular formula is C17H19ClN2O2S2. The Morgan fingerprint density at radius 3 is 2.42 bits per heavy atom. The molecule has 2 rings (SSSR count). The molecule has 7 heteroatoms. The molecule has 0 aliphatic heterocycles. The molecule has 0 aromatic heterocycles. The normalized spacial score (nSPS) is 12.5. The van der Waals surface area contributed by atoms with Crippen LogP contribution in [0, 0.1) is 0 Å². The molecule has 0 saturated heterocycles. The summed E-state index contributed by atoms with van der Waals surface area (Å²) in [6.45, 7) is 2.03. The lowest BCUT2D eigenvalue weighted by Gasteiger charge is -2.20. The predicted molar refractivity (Wildman–Crippen MR) is 103 cm³/mol. The summed E-state index contributed by atoms with van der Waals surface area (Å²) in [4.78, 5) is 0.306. The maximum absolute atomic E-state index is 11.5. The van der Waals surface area contributed by atoms with Gasteiger partial charge in [0.05, 0.1) is 10.9 Å². The predicted octanol–water partition coefficient (Wildman–Crippen LogP) is 4.18. The van der Waals surface area contributed by atoms with Crippen molar-refractivity contribution < 1.29 is 8.42 Å². The van der Waals surface area contributed by atoms with Crippen molar-refractivity contribution in [3.05, 3.63) is 59.1 Å². The second kappa shape index (κ2) is 7.96. The molecule has 128 valence electrons. The van der Waals surface area contributed by atoms with E-state index in [1.165, 1.54) is 6.26 Å². The summed E-state index contributed by atoms with van der Waals surface area (Å²) in [5.74, 6) is 0. The number of rotatable bonds is 5. The molecule has 0 saturated carbocycles. The van der Waals surface area contributed by atoms with Crippen LogP contribution in [-0.4, -0.2) is 19.8 Å². The minimum atomic E-state index is -3.19. The SMILES string of the molecule is CCC(NC(=S)Nc1cccc(Cl)c1)c1ccc(S(C)(=O)=O)cc1. The van der Waals surface area contributed by atoms with E-state index >= 15 is 0 Å². The number of anilines is 1. The van der Waals surface area contributed by atoms with Crippen LogP contribution < -0.4 is 10.6 Å². The summed E-state index contributed by atoms with van der Waals surface area (Å²) in [6, 6.07) is 14.1. The van der Waals surface area contributed by atoms with E-state index in [-0.39, 0.29) is 6.04 Å². The molecule has 0 bridgehead atoms. The molecule has 0 spiro atoms. The third kappa shape index (κ3) is 5.19. The second-order valence-electron chi connectivity index (χ2n) is 5.41. The lowest BCUT2D eigenvalue weighted by Crippen LogP contribution is -2.32. The van der Waals surface area contributed by atoms with Crippen LogP contribution in [0.15, 0.2) is 53.4 Å². The molecule has 1 unspecified atom stereocenters. The maximum Gasteiger partial charge on any atom is 0.175 e. The first-order chi connectivity index (χ1) is 11.3. The molecule has 0 fully saturated rings. The van der Waals surface area contributed by atoms with Gasteiger partial charge in [-0.1, -0.05) is 36.7 Å². The van der Waals surface area contributed by atoms with Crippen molar-refractivity contribution in [1.29, 1.82) is 0 Å². The van der Waals surface area contributed by atoms with Crippen LogP contribution in [0.5, 0.6) is 0 Å². The van der Waals surface area contributed by atoms with Crippen LogP contribution in [0.3, 0.4) is 0 Å². The number of benzene rings is 2. The Balaban J connectivity index is 2.07. The topological polar surface area (TPSA) is 58.2 Å². The highest BCUT2D eigenvalue weighted by molar-refractivity contribution is 7.90. The standard InChI is InChI=1S/C17H19ClN2O2S2/c1-3-16(12-7-9-15(10-8-12)24(2,21)22)20-17(23)19-14-6-4-5-13(18)11-14/h4-11,16H,3H2,1-2H3,(H2,19,20,23). The zero-order chi connectivity index (χ0) is 17.7. The van der Waals surface area contributed by atoms with Crippen molar-refractivity contribution in [2.24, 2.45) is 0 Å². The molecular weight excluding hydrogens is 364 g/mol. The summed E-state index contributed by atoms with van der Waals surface area (Å²) >= 11 is 11.3. The third-order valence-corrected chi connectivity index (χ3v) is 5.09. The van der Waals surface area contributed by atoms with E-state index < -0.39 is 9.84 Å². The van der Waals surface area contributed by atoms with Gasteiger partial charge in [-0.25, -0.2) is 8.42 Å². The van der Waals surface area contributed by atoms with Crippen LogP contribution in [0.4, 0.5) is 5.69 Å². The molecule has 24 heavy (non-hydrogen) atoms. The van der Waals surface area contributed by atoms with Gasteiger partial charge in [0.25, 0.3) is 0 Å². The van der Waals surface area contributed by atoms with Gasteiger partial charge in [0.15, 0.2) is 14.9 Å². The van der Waals surface area contributed by atoms with Crippen molar-refractivity contribution in [2.75, 3.05) is 11.6 Å². The lowest BCUT2D eigenvalue weighted by molar-refractivity contribution is 0.601. The average molecular weight is 383 g/mol. The van der Waals surface area contributed by atoms with Crippen molar-refractivity contribution in [3.63, 3.8) is 0 Å². The Bertz CT molecular complexity index is 821. The van der Waals surface area contributed by atoms with E-state index in [1.54, 1.807) is 36.4 Å². The molecule has 2 aromatic rings. The highest BCUT2D eigenvalue weighted by Gasteiger charge is 2.13. The number of halogens is 1. The Kier molecular flexibility index (Phi) is 6.21. The molecule has 4 nitrogen and oxygen atoms in total. The molecule has 0 radical (unpaired) electrons. The first kappa shape index (κ1) is 18.7. The van der Waals surface area contributed by atoms with Crippen molar-refractivity contribution in [3.8, 4) is 0 Å². The van der Waals surface area contributed by atoms with E-state index in [0.29, 0.717) is 15.0 Å². The summed E-state index contributed by atoms with van der Waals surface area (Å²) in [7, 11) is -3.19. The van der Waals surface area contributed by atoms with E-state index in [4.69, 9.17) is 23.8 Å². The first-order valence-corrected chi connectivity index (χ1v) is 10.1. The van der Waals surface area contributed by atoms with Gasteiger partial charge in [0.2, 0.25) is 0 Å². The van der Waals surface area contributed by atoms with E-state index in [9.17, 15) is 8.42 Å². The molecule has 2 N–H and O–H groups in total. The second-order valence-corrected chi connectivity index (χ2v) is 8.27. The molecule has 2 aromatic carbocycles. The fraction of sp³-hybridized carbons (Fsp3) is 0.235. The van der Waals surface area contributed by atoms with Crippen LogP contribution in [0.25, 0.3) is 0 Å². The van der Waals surface area contributed by atoms with Gasteiger partial charge in [-0.15, -0.1) is 0 Å². The highest BCUT2D eigenvalue weighted by Crippen LogP contribution is 2.20. The summed E-state index contributed by atoms with van der Waals surface area (Å²) < 4.78 is 23.1. The van der Waals surface area contributed by atoms with Crippen LogP contribution in [0.1, 0.15) is 24.9 Å². The molecule has 0 heterocycles. The number of sulfone groups is 1. The first-order valence-electron chi connectivity index (χ1n) is 7.42. The maximum atomic E-state index is 11.5.